The van der Waals surface area contributed by atoms with E-state index in [0.717, 1.165) is 37.3 Å². The molecule has 1 nitrogen and oxygen atoms in total. The molecule has 29 heavy (non-hydrogen) atoms. The molecular formula is C20H14Cl2F6O. The Morgan fingerprint density at radius 2 is 1.62 bits per heavy atom. The summed E-state index contributed by atoms with van der Waals surface area (Å²) in [5.74, 6) is -7.94. The summed E-state index contributed by atoms with van der Waals surface area (Å²) in [6.07, 6.45) is -4.62. The van der Waals surface area contributed by atoms with Crippen molar-refractivity contribution in [3.05, 3.63) is 74.8 Å². The van der Waals surface area contributed by atoms with Crippen LogP contribution in [0.25, 0.3) is 5.83 Å². The molecule has 2 rings (SSSR count). The lowest BCUT2D eigenvalue weighted by atomic mass is 9.94. The minimum absolute atomic E-state index is 0.0235. The Labute approximate surface area is 172 Å². The van der Waals surface area contributed by atoms with Crippen molar-refractivity contribution in [3.8, 4) is 0 Å². The van der Waals surface area contributed by atoms with Crippen LogP contribution in [0.1, 0.15) is 46.8 Å². The van der Waals surface area contributed by atoms with Gasteiger partial charge in [0.05, 0.1) is 10.0 Å². The number of Topliss-reactive ketones (excluding diaryl/α,β-unsaturated/α-hetero) is 1. The van der Waals surface area contributed by atoms with Crippen LogP contribution in [-0.4, -0.2) is 12.0 Å². The molecule has 0 amide bonds. The van der Waals surface area contributed by atoms with Gasteiger partial charge in [-0.1, -0.05) is 41.4 Å². The highest BCUT2D eigenvalue weighted by Gasteiger charge is 2.40. The molecule has 1 unspecified atom stereocenters. The summed E-state index contributed by atoms with van der Waals surface area (Å²) in [4.78, 5) is 11.5. The molecule has 0 heterocycles. The molecule has 0 saturated heterocycles. The number of hydrogen-bond donors (Lipinski definition) is 0. The summed E-state index contributed by atoms with van der Waals surface area (Å²) in [5, 5.41) is -0.124. The predicted octanol–water partition coefficient (Wildman–Crippen LogP) is 7.96. The van der Waals surface area contributed by atoms with Crippen LogP contribution in [0.3, 0.4) is 0 Å². The molecule has 0 radical (unpaired) electrons. The summed E-state index contributed by atoms with van der Waals surface area (Å²) in [6, 6.07) is 5.74. The zero-order valence-corrected chi connectivity index (χ0v) is 16.6. The second kappa shape index (κ2) is 8.40. The maximum absolute atomic E-state index is 14.7. The molecule has 9 heteroatoms. The van der Waals surface area contributed by atoms with Crippen molar-refractivity contribution < 1.29 is 31.1 Å². The van der Waals surface area contributed by atoms with Gasteiger partial charge in [0.1, 0.15) is 11.7 Å². The quantitative estimate of drug-likeness (QED) is 0.330. The minimum Gasteiger partial charge on any atom is -0.294 e. The van der Waals surface area contributed by atoms with Crippen LogP contribution in [0.4, 0.5) is 26.3 Å². The Balaban J connectivity index is 2.58. The number of carbonyl (C=O) groups excluding carboxylic acids is 1. The SMILES string of the molecule is CC(=O)c1ccc(/C(F)=C/C(c2ccc(Cl)c(Cl)c2)C(F)(F)F)cc1C(C)(F)F. The molecule has 0 aliphatic heterocycles. The van der Waals surface area contributed by atoms with Crippen molar-refractivity contribution in [2.75, 3.05) is 0 Å². The largest absolute Gasteiger partial charge is 0.399 e. The number of ketones is 1. The van der Waals surface area contributed by atoms with Crippen LogP contribution in [-0.2, 0) is 5.92 Å². The third-order valence-corrected chi connectivity index (χ3v) is 4.86. The summed E-state index contributed by atoms with van der Waals surface area (Å²) in [5.41, 5.74) is -2.00. The smallest absolute Gasteiger partial charge is 0.294 e. The molecule has 1 atom stereocenters. The van der Waals surface area contributed by atoms with Gasteiger partial charge in [0.2, 0.25) is 0 Å². The fourth-order valence-corrected chi connectivity index (χ4v) is 3.00. The number of hydrogen-bond acceptors (Lipinski definition) is 1. The zero-order valence-electron chi connectivity index (χ0n) is 15.1. The molecular weight excluding hydrogens is 441 g/mol. The number of alkyl halides is 5. The van der Waals surface area contributed by atoms with Crippen LogP contribution in [0, 0.1) is 0 Å². The van der Waals surface area contributed by atoms with E-state index in [1.165, 1.54) is 0 Å². The number of carbonyl (C=O) groups is 1. The lowest BCUT2D eigenvalue weighted by Gasteiger charge is -2.19. The lowest BCUT2D eigenvalue weighted by molar-refractivity contribution is -0.139. The van der Waals surface area contributed by atoms with Crippen LogP contribution < -0.4 is 0 Å². The van der Waals surface area contributed by atoms with Gasteiger partial charge in [-0.3, -0.25) is 4.79 Å². The molecule has 0 aliphatic carbocycles. The summed E-state index contributed by atoms with van der Waals surface area (Å²) < 4.78 is 82.8. The van der Waals surface area contributed by atoms with E-state index in [0.29, 0.717) is 13.0 Å². The third-order valence-electron chi connectivity index (χ3n) is 4.12. The van der Waals surface area contributed by atoms with Crippen molar-refractivity contribution >= 4 is 34.8 Å². The fourth-order valence-electron chi connectivity index (χ4n) is 2.69. The molecule has 0 N–H and O–H groups in total. The molecule has 156 valence electrons. The Morgan fingerprint density at radius 1 is 1.00 bits per heavy atom. The van der Waals surface area contributed by atoms with Gasteiger partial charge < -0.3 is 0 Å². The summed E-state index contributed by atoms with van der Waals surface area (Å²) in [7, 11) is 0. The topological polar surface area (TPSA) is 17.1 Å². The van der Waals surface area contributed by atoms with Crippen LogP contribution in [0.2, 0.25) is 10.0 Å². The maximum Gasteiger partial charge on any atom is 0.399 e. The van der Waals surface area contributed by atoms with Gasteiger partial charge in [0.15, 0.2) is 5.78 Å². The molecule has 0 spiro atoms. The van der Waals surface area contributed by atoms with E-state index >= 15 is 0 Å². The second-order valence-electron chi connectivity index (χ2n) is 6.41. The Morgan fingerprint density at radius 3 is 2.10 bits per heavy atom. The average molecular weight is 455 g/mol. The molecule has 0 fully saturated rings. The first-order valence-corrected chi connectivity index (χ1v) is 8.90. The summed E-state index contributed by atoms with van der Waals surface area (Å²) in [6.45, 7) is 1.56. The number of halogens is 8. The van der Waals surface area contributed by atoms with Crippen molar-refractivity contribution in [1.82, 2.24) is 0 Å². The van der Waals surface area contributed by atoms with Gasteiger partial charge in [0.25, 0.3) is 5.92 Å². The van der Waals surface area contributed by atoms with Gasteiger partial charge in [-0.2, -0.15) is 13.2 Å². The fraction of sp³-hybridized carbons (Fsp3) is 0.250. The van der Waals surface area contributed by atoms with E-state index in [4.69, 9.17) is 23.2 Å². The third kappa shape index (κ3) is 5.54. The van der Waals surface area contributed by atoms with Crippen molar-refractivity contribution in [2.45, 2.75) is 31.9 Å². The average Bonchev–Trinajstić information content (AvgIpc) is 2.59. The zero-order chi connectivity index (χ0) is 22.1. The standard InChI is InChI=1S/C20H14Cl2F6O/c1-10(29)13-5-3-12(7-15(13)19(2,24)25)18(23)9-14(20(26,27)28)11-4-6-16(21)17(22)8-11/h3-9,14H,1-2H3/b18-9-. The van der Waals surface area contributed by atoms with Crippen LogP contribution in [0.5, 0.6) is 0 Å². The van der Waals surface area contributed by atoms with E-state index in [-0.39, 0.29) is 27.2 Å². The molecule has 0 saturated carbocycles. The van der Waals surface area contributed by atoms with Gasteiger partial charge in [-0.05, 0) is 36.8 Å². The van der Waals surface area contributed by atoms with E-state index in [1.807, 2.05) is 0 Å². The van der Waals surface area contributed by atoms with Gasteiger partial charge in [0, 0.05) is 23.6 Å². The van der Waals surface area contributed by atoms with Gasteiger partial charge in [-0.15, -0.1) is 0 Å². The highest BCUT2D eigenvalue weighted by Crippen LogP contribution is 2.40. The highest BCUT2D eigenvalue weighted by molar-refractivity contribution is 6.42. The van der Waals surface area contributed by atoms with E-state index in [1.54, 1.807) is 0 Å². The molecule has 0 bridgehead atoms. The molecule has 0 aliphatic rings. The molecule has 0 aromatic heterocycles. The Kier molecular flexibility index (Phi) is 6.75. The van der Waals surface area contributed by atoms with Gasteiger partial charge >= 0.3 is 6.18 Å². The van der Waals surface area contributed by atoms with Crippen LogP contribution in [0.15, 0.2) is 42.5 Å². The van der Waals surface area contributed by atoms with Crippen molar-refractivity contribution in [1.29, 1.82) is 0 Å². The minimum atomic E-state index is -4.88. The van der Waals surface area contributed by atoms with E-state index < -0.39 is 40.8 Å². The van der Waals surface area contributed by atoms with Crippen LogP contribution >= 0.6 is 23.2 Å². The predicted molar refractivity (Wildman–Crippen MR) is 100 cm³/mol. The number of benzene rings is 2. The summed E-state index contributed by atoms with van der Waals surface area (Å²) >= 11 is 11.5. The monoisotopic (exact) mass is 454 g/mol. The van der Waals surface area contributed by atoms with E-state index in [2.05, 4.69) is 0 Å². The first-order chi connectivity index (χ1) is 13.2. The van der Waals surface area contributed by atoms with Gasteiger partial charge in [-0.25, -0.2) is 13.2 Å². The Bertz CT molecular complexity index is 960. The first kappa shape index (κ1) is 23.3. The Hall–Kier alpha value is -1.99. The number of allylic oxidation sites excluding steroid dienone is 1. The van der Waals surface area contributed by atoms with E-state index in [9.17, 15) is 31.1 Å². The van der Waals surface area contributed by atoms with Crippen molar-refractivity contribution in [3.63, 3.8) is 0 Å². The molecule has 2 aromatic rings. The maximum atomic E-state index is 14.7. The highest BCUT2D eigenvalue weighted by atomic mass is 35.5. The van der Waals surface area contributed by atoms with Crippen molar-refractivity contribution in [2.24, 2.45) is 0 Å². The lowest BCUT2D eigenvalue weighted by Crippen LogP contribution is -2.19. The first-order valence-electron chi connectivity index (χ1n) is 8.14. The molecule has 2 aromatic carbocycles. The normalized spacial score (nSPS) is 14.1. The number of rotatable bonds is 5. The second-order valence-corrected chi connectivity index (χ2v) is 7.23.